The highest BCUT2D eigenvalue weighted by Crippen LogP contribution is 2.30. The van der Waals surface area contributed by atoms with Gasteiger partial charge in [-0.2, -0.15) is 8.42 Å². The van der Waals surface area contributed by atoms with Gasteiger partial charge in [0.25, 0.3) is 0 Å². The zero-order chi connectivity index (χ0) is 23.0. The van der Waals surface area contributed by atoms with Gasteiger partial charge < -0.3 is 29.9 Å². The normalized spacial score (nSPS) is 27.0. The minimum absolute atomic E-state index is 0.0166. The van der Waals surface area contributed by atoms with Crippen molar-refractivity contribution in [3.63, 3.8) is 0 Å². The predicted octanol–water partition coefficient (Wildman–Crippen LogP) is -0.710. The summed E-state index contributed by atoms with van der Waals surface area (Å²) in [4.78, 5) is 11.9. The lowest BCUT2D eigenvalue weighted by Gasteiger charge is -2.39. The Morgan fingerprint density at radius 2 is 1.81 bits per heavy atom. The second-order valence-corrected chi connectivity index (χ2v) is 8.58. The lowest BCUT2D eigenvalue weighted by molar-refractivity contribution is -0.205. The number of benzene rings is 1. The molecule has 0 bridgehead atoms. The first-order valence-electron chi connectivity index (χ1n) is 9.04. The van der Waals surface area contributed by atoms with Gasteiger partial charge in [0, 0.05) is 6.42 Å². The average molecular weight is 482 g/mol. The highest BCUT2D eigenvalue weighted by Gasteiger charge is 2.44. The fourth-order valence-corrected chi connectivity index (χ4v) is 3.90. The van der Waals surface area contributed by atoms with Gasteiger partial charge >= 0.3 is 16.4 Å². The third kappa shape index (κ3) is 8.01. The third-order valence-electron chi connectivity index (χ3n) is 4.11. The van der Waals surface area contributed by atoms with Crippen LogP contribution in [0.1, 0.15) is 23.2 Å². The van der Waals surface area contributed by atoms with E-state index in [2.05, 4.69) is 9.44 Å². The molecule has 0 aliphatic carbocycles. The summed E-state index contributed by atoms with van der Waals surface area (Å²) in [6.45, 7) is -0.709. The van der Waals surface area contributed by atoms with Gasteiger partial charge in [-0.25, -0.2) is 9.08 Å². The summed E-state index contributed by atoms with van der Waals surface area (Å²) in [6.07, 6.45) is -5.84. The molecule has 0 saturated carbocycles. The standard InChI is InChI=1S/C17H23NO11S2/c19-9-11-13(20)14(21)15(22)17(28-11)30-12(18-29-31(24,25)26)7-4-8-27-16(23)10-5-2-1-3-6-10/h1-3,5-6,11,13-15,17,19-22H,4,7-9H2,(H,24,25,26)/t11-,13-,14+,15-,17+/m1/s1. The van der Waals surface area contributed by atoms with Gasteiger partial charge in [-0.15, -0.1) is 0 Å². The van der Waals surface area contributed by atoms with E-state index in [0.29, 0.717) is 17.3 Å². The number of rotatable bonds is 9. The van der Waals surface area contributed by atoms with E-state index < -0.39 is 52.8 Å². The Bertz CT molecular complexity index is 847. The Labute approximate surface area is 182 Å². The molecule has 0 amide bonds. The Morgan fingerprint density at radius 1 is 1.13 bits per heavy atom. The van der Waals surface area contributed by atoms with Crippen LogP contribution in [0.5, 0.6) is 0 Å². The molecule has 2 rings (SSSR count). The lowest BCUT2D eigenvalue weighted by Crippen LogP contribution is -2.57. The molecule has 0 aromatic heterocycles. The van der Waals surface area contributed by atoms with E-state index in [1.54, 1.807) is 30.3 Å². The van der Waals surface area contributed by atoms with Crippen molar-refractivity contribution < 1.29 is 51.9 Å². The molecule has 1 heterocycles. The number of oxime groups is 1. The molecule has 5 N–H and O–H groups in total. The largest absolute Gasteiger partial charge is 0.466 e. The van der Waals surface area contributed by atoms with Crippen molar-refractivity contribution in [2.24, 2.45) is 5.16 Å². The van der Waals surface area contributed by atoms with Crippen LogP contribution in [0.15, 0.2) is 35.5 Å². The lowest BCUT2D eigenvalue weighted by atomic mass is 10.0. The van der Waals surface area contributed by atoms with Crippen molar-refractivity contribution in [1.82, 2.24) is 0 Å². The number of thioether (sulfide) groups is 1. The van der Waals surface area contributed by atoms with Gasteiger partial charge in [-0.1, -0.05) is 35.1 Å². The van der Waals surface area contributed by atoms with Crippen LogP contribution in [-0.2, 0) is 24.2 Å². The van der Waals surface area contributed by atoms with Crippen molar-refractivity contribution in [1.29, 1.82) is 0 Å². The van der Waals surface area contributed by atoms with Crippen LogP contribution in [0.2, 0.25) is 0 Å². The van der Waals surface area contributed by atoms with Gasteiger partial charge in [-0.05, 0) is 18.6 Å². The molecule has 14 heteroatoms. The zero-order valence-corrected chi connectivity index (χ0v) is 17.7. The van der Waals surface area contributed by atoms with E-state index in [-0.39, 0.29) is 24.5 Å². The van der Waals surface area contributed by atoms with Crippen LogP contribution < -0.4 is 0 Å². The van der Waals surface area contributed by atoms with E-state index in [1.807, 2.05) is 0 Å². The number of carbonyl (C=O) groups is 1. The molecule has 5 atom stereocenters. The molecule has 1 saturated heterocycles. The number of carbonyl (C=O) groups excluding carboxylic acids is 1. The van der Waals surface area contributed by atoms with Gasteiger partial charge in [-0.3, -0.25) is 4.55 Å². The van der Waals surface area contributed by atoms with Crippen molar-refractivity contribution in [2.75, 3.05) is 13.2 Å². The van der Waals surface area contributed by atoms with Gasteiger partial charge in [0.05, 0.1) is 18.8 Å². The van der Waals surface area contributed by atoms with Crippen LogP contribution in [0, 0.1) is 0 Å². The average Bonchev–Trinajstić information content (AvgIpc) is 2.74. The molecule has 31 heavy (non-hydrogen) atoms. The quantitative estimate of drug-likeness (QED) is 0.0744. The topological polar surface area (TPSA) is 192 Å². The van der Waals surface area contributed by atoms with Crippen LogP contribution >= 0.6 is 11.8 Å². The molecule has 0 radical (unpaired) electrons. The summed E-state index contributed by atoms with van der Waals surface area (Å²) in [6, 6.07) is 8.23. The van der Waals surface area contributed by atoms with E-state index in [9.17, 15) is 33.6 Å². The van der Waals surface area contributed by atoms with Crippen LogP contribution in [0.3, 0.4) is 0 Å². The number of aliphatic hydroxyl groups excluding tert-OH is 4. The number of esters is 1. The molecule has 1 aliphatic heterocycles. The Morgan fingerprint density at radius 3 is 2.42 bits per heavy atom. The molecular weight excluding hydrogens is 458 g/mol. The fraction of sp³-hybridized carbons (Fsp3) is 0.529. The van der Waals surface area contributed by atoms with Crippen LogP contribution in [-0.4, -0.2) is 87.5 Å². The summed E-state index contributed by atoms with van der Waals surface area (Å²) in [5.41, 5.74) is -0.895. The number of hydrogen-bond donors (Lipinski definition) is 5. The molecule has 1 aliphatic rings. The van der Waals surface area contributed by atoms with Crippen molar-refractivity contribution >= 4 is 33.2 Å². The zero-order valence-electron chi connectivity index (χ0n) is 16.1. The highest BCUT2D eigenvalue weighted by molar-refractivity contribution is 8.14. The van der Waals surface area contributed by atoms with Crippen LogP contribution in [0.4, 0.5) is 0 Å². The van der Waals surface area contributed by atoms with Crippen LogP contribution in [0.25, 0.3) is 0 Å². The first-order valence-corrected chi connectivity index (χ1v) is 11.3. The van der Waals surface area contributed by atoms with Gasteiger partial charge in [0.15, 0.2) is 0 Å². The number of nitrogens with zero attached hydrogens (tertiary/aromatic N) is 1. The predicted molar refractivity (Wildman–Crippen MR) is 107 cm³/mol. The summed E-state index contributed by atoms with van der Waals surface area (Å²) in [5.74, 6) is -0.560. The van der Waals surface area contributed by atoms with Crippen molar-refractivity contribution in [3.05, 3.63) is 35.9 Å². The molecule has 1 aromatic rings. The SMILES string of the molecule is O=C(OCCCC(=NOS(=O)(=O)O)S[C@@H]1O[C@H](CO)[C@@H](O)[C@H](O)[C@H]1O)c1ccccc1. The van der Waals surface area contributed by atoms with Crippen molar-refractivity contribution in [2.45, 2.75) is 42.7 Å². The van der Waals surface area contributed by atoms with Gasteiger partial charge in [0.2, 0.25) is 0 Å². The Balaban J connectivity index is 1.98. The minimum Gasteiger partial charge on any atom is -0.462 e. The number of ether oxygens (including phenoxy) is 2. The second kappa shape index (κ2) is 11.7. The minimum atomic E-state index is -4.91. The third-order valence-corrected chi connectivity index (χ3v) is 5.55. The maximum atomic E-state index is 11.9. The summed E-state index contributed by atoms with van der Waals surface area (Å²) in [7, 11) is -4.91. The molecule has 12 nitrogen and oxygen atoms in total. The number of hydrogen-bond acceptors (Lipinski definition) is 12. The molecule has 0 spiro atoms. The monoisotopic (exact) mass is 481 g/mol. The van der Waals surface area contributed by atoms with E-state index in [0.717, 1.165) is 0 Å². The molecular formula is C17H23NO11S2. The second-order valence-electron chi connectivity index (χ2n) is 6.41. The summed E-state index contributed by atoms with van der Waals surface area (Å²) < 4.78 is 44.8. The molecule has 174 valence electrons. The maximum absolute atomic E-state index is 11.9. The first kappa shape index (κ1) is 25.5. The van der Waals surface area contributed by atoms with E-state index in [1.165, 1.54) is 0 Å². The van der Waals surface area contributed by atoms with Crippen molar-refractivity contribution in [3.8, 4) is 0 Å². The Hall–Kier alpha value is -1.78. The maximum Gasteiger partial charge on any atom is 0.466 e. The van der Waals surface area contributed by atoms with Gasteiger partial charge in [0.1, 0.15) is 34.9 Å². The number of aliphatic hydroxyl groups is 4. The summed E-state index contributed by atoms with van der Waals surface area (Å²) in [5, 5.41) is 42.2. The molecule has 0 unspecified atom stereocenters. The highest BCUT2D eigenvalue weighted by atomic mass is 32.3. The smallest absolute Gasteiger partial charge is 0.462 e. The molecule has 1 aromatic carbocycles. The fourth-order valence-electron chi connectivity index (χ4n) is 2.56. The van der Waals surface area contributed by atoms with E-state index >= 15 is 0 Å². The first-order chi connectivity index (χ1) is 14.6. The molecule has 1 fully saturated rings. The Kier molecular flexibility index (Phi) is 9.64. The summed E-state index contributed by atoms with van der Waals surface area (Å²) >= 11 is 0.649. The van der Waals surface area contributed by atoms with E-state index in [4.69, 9.17) is 14.0 Å².